The summed E-state index contributed by atoms with van der Waals surface area (Å²) in [5, 5.41) is 11.7. The summed E-state index contributed by atoms with van der Waals surface area (Å²) in [6.45, 7) is -0.494. The first-order valence-electron chi connectivity index (χ1n) is 6.33. The third-order valence-corrected chi connectivity index (χ3v) is 4.55. The van der Waals surface area contributed by atoms with Crippen LogP contribution >= 0.6 is 11.6 Å². The van der Waals surface area contributed by atoms with Gasteiger partial charge in [0.05, 0.1) is 24.9 Å². The van der Waals surface area contributed by atoms with Crippen molar-refractivity contribution in [1.29, 1.82) is 0 Å². The molecular formula is C13H17ClN2O6S. The van der Waals surface area contributed by atoms with Crippen molar-refractivity contribution in [2.75, 3.05) is 27.0 Å². The van der Waals surface area contributed by atoms with Crippen LogP contribution in [0.1, 0.15) is 11.6 Å². The van der Waals surface area contributed by atoms with E-state index >= 15 is 0 Å². The average Bonchev–Trinajstić information content (AvgIpc) is 2.43. The maximum atomic E-state index is 11.9. The summed E-state index contributed by atoms with van der Waals surface area (Å²) in [5.41, 5.74) is 0.235. The van der Waals surface area contributed by atoms with Crippen LogP contribution < -0.4 is 10.1 Å². The first-order valence-corrected chi connectivity index (χ1v) is 8.55. The number of hydrogen-bond donors (Lipinski definition) is 2. The molecule has 0 aliphatic rings. The molecule has 10 heteroatoms. The monoisotopic (exact) mass is 364 g/mol. The molecule has 8 nitrogen and oxygen atoms in total. The topological polar surface area (TPSA) is 113 Å². The Balaban J connectivity index is 2.94. The zero-order valence-corrected chi connectivity index (χ0v) is 14.3. The molecule has 1 unspecified atom stereocenters. The molecule has 2 N–H and O–H groups in total. The average molecular weight is 365 g/mol. The number of amides is 1. The van der Waals surface area contributed by atoms with Crippen LogP contribution in [0.25, 0.3) is 0 Å². The van der Waals surface area contributed by atoms with E-state index in [1.807, 2.05) is 0 Å². The number of nitrogens with zero attached hydrogens (tertiary/aromatic N) is 1. The highest BCUT2D eigenvalue weighted by atomic mass is 35.5. The number of benzene rings is 1. The van der Waals surface area contributed by atoms with E-state index in [-0.39, 0.29) is 10.6 Å². The van der Waals surface area contributed by atoms with Gasteiger partial charge in [0.1, 0.15) is 5.75 Å². The molecule has 0 fully saturated rings. The highest BCUT2D eigenvalue weighted by molar-refractivity contribution is 7.88. The first kappa shape index (κ1) is 19.2. The lowest BCUT2D eigenvalue weighted by molar-refractivity contribution is -0.142. The van der Waals surface area contributed by atoms with Crippen molar-refractivity contribution in [3.8, 4) is 5.75 Å². The number of carboxylic acids is 1. The van der Waals surface area contributed by atoms with Crippen molar-refractivity contribution < 1.29 is 27.9 Å². The minimum absolute atomic E-state index is 0.193. The minimum Gasteiger partial charge on any atom is -0.495 e. The molecular weight excluding hydrogens is 348 g/mol. The lowest BCUT2D eigenvalue weighted by Gasteiger charge is -2.18. The van der Waals surface area contributed by atoms with Crippen LogP contribution in [0, 0.1) is 0 Å². The molecule has 1 amide bonds. The van der Waals surface area contributed by atoms with Crippen LogP contribution in [-0.2, 0) is 19.6 Å². The van der Waals surface area contributed by atoms with Gasteiger partial charge in [-0.25, -0.2) is 13.2 Å². The molecule has 0 saturated heterocycles. The molecule has 1 aromatic carbocycles. The highest BCUT2D eigenvalue weighted by Gasteiger charge is 2.24. The van der Waals surface area contributed by atoms with Crippen molar-refractivity contribution in [3.05, 3.63) is 28.8 Å². The molecule has 0 aliphatic carbocycles. The Kier molecular flexibility index (Phi) is 6.37. The van der Waals surface area contributed by atoms with Gasteiger partial charge in [0.25, 0.3) is 0 Å². The minimum atomic E-state index is -3.55. The van der Waals surface area contributed by atoms with E-state index < -0.39 is 34.5 Å². The zero-order chi connectivity index (χ0) is 17.8. The number of carboxylic acid groups (broad SMARTS) is 1. The third-order valence-electron chi connectivity index (χ3n) is 2.99. The van der Waals surface area contributed by atoms with Gasteiger partial charge in [0, 0.05) is 7.05 Å². The second-order valence-corrected chi connectivity index (χ2v) is 7.25. The maximum absolute atomic E-state index is 11.9. The largest absolute Gasteiger partial charge is 0.495 e. The van der Waals surface area contributed by atoms with Gasteiger partial charge in [-0.2, -0.15) is 4.31 Å². The van der Waals surface area contributed by atoms with Crippen LogP contribution in [0.5, 0.6) is 5.75 Å². The van der Waals surface area contributed by atoms with E-state index in [1.165, 1.54) is 32.4 Å². The summed E-state index contributed by atoms with van der Waals surface area (Å²) in [6, 6.07) is 2.92. The first-order chi connectivity index (χ1) is 10.6. The summed E-state index contributed by atoms with van der Waals surface area (Å²) >= 11 is 5.94. The molecule has 0 saturated carbocycles. The normalized spacial score (nSPS) is 12.7. The fraction of sp³-hybridized carbons (Fsp3) is 0.385. The number of aliphatic carboxylic acids is 1. The molecule has 1 rings (SSSR count). The van der Waals surface area contributed by atoms with Gasteiger partial charge in [-0.05, 0) is 17.7 Å². The summed E-state index contributed by atoms with van der Waals surface area (Å²) in [5.74, 6) is -1.69. The number of carbonyl (C=O) groups is 2. The van der Waals surface area contributed by atoms with E-state index in [0.717, 1.165) is 10.6 Å². The molecule has 128 valence electrons. The summed E-state index contributed by atoms with van der Waals surface area (Å²) in [7, 11) is -0.915. The quantitative estimate of drug-likeness (QED) is 0.727. The number of rotatable bonds is 7. The highest BCUT2D eigenvalue weighted by Crippen LogP contribution is 2.27. The number of carbonyl (C=O) groups excluding carboxylic acids is 1. The Hall–Kier alpha value is -1.84. The number of nitrogens with one attached hydrogen (secondary N) is 1. The number of methoxy groups -OCH3 is 1. The van der Waals surface area contributed by atoms with Crippen molar-refractivity contribution in [2.24, 2.45) is 0 Å². The SMILES string of the molecule is COc1ccc(C(NC(=O)CN(C)S(C)(=O)=O)C(=O)O)cc1Cl. The molecule has 0 aromatic heterocycles. The Morgan fingerprint density at radius 3 is 2.48 bits per heavy atom. The van der Waals surface area contributed by atoms with Crippen LogP contribution in [0.3, 0.4) is 0 Å². The summed E-state index contributed by atoms with van der Waals surface area (Å²) < 4.78 is 28.3. The number of halogens is 1. The second kappa shape index (κ2) is 7.62. The Labute approximate surface area is 139 Å². The lowest BCUT2D eigenvalue weighted by Crippen LogP contribution is -2.41. The van der Waals surface area contributed by atoms with E-state index in [0.29, 0.717) is 5.75 Å². The Morgan fingerprint density at radius 1 is 1.43 bits per heavy atom. The van der Waals surface area contributed by atoms with Gasteiger partial charge in [0.15, 0.2) is 6.04 Å². The zero-order valence-electron chi connectivity index (χ0n) is 12.7. The summed E-state index contributed by atoms with van der Waals surface area (Å²) in [6.07, 6.45) is 0.943. The van der Waals surface area contributed by atoms with Gasteiger partial charge in [-0.3, -0.25) is 4.79 Å². The second-order valence-electron chi connectivity index (χ2n) is 4.75. The predicted octanol–water partition coefficient (Wildman–Crippen LogP) is 0.482. The third kappa shape index (κ3) is 5.38. The standard InChI is InChI=1S/C13H17ClN2O6S/c1-16(23(3,20)21)7-11(17)15-12(13(18)19)8-4-5-10(22-2)9(14)6-8/h4-6,12H,7H2,1-3H3,(H,15,17)(H,18,19). The van der Waals surface area contributed by atoms with Gasteiger partial charge >= 0.3 is 5.97 Å². The van der Waals surface area contributed by atoms with Gasteiger partial charge in [-0.15, -0.1) is 0 Å². The van der Waals surface area contributed by atoms with Crippen molar-refractivity contribution in [3.63, 3.8) is 0 Å². The fourth-order valence-electron chi connectivity index (χ4n) is 1.68. The smallest absolute Gasteiger partial charge is 0.330 e. The molecule has 0 bridgehead atoms. The fourth-order valence-corrected chi connectivity index (χ4v) is 2.29. The molecule has 1 atom stereocenters. The Morgan fingerprint density at radius 2 is 2.04 bits per heavy atom. The van der Waals surface area contributed by atoms with Crippen LogP contribution in [0.15, 0.2) is 18.2 Å². The van der Waals surface area contributed by atoms with E-state index in [1.54, 1.807) is 0 Å². The van der Waals surface area contributed by atoms with E-state index in [9.17, 15) is 23.1 Å². The Bertz CT molecular complexity index is 706. The van der Waals surface area contributed by atoms with E-state index in [2.05, 4.69) is 5.32 Å². The van der Waals surface area contributed by atoms with Crippen LogP contribution in [0.2, 0.25) is 5.02 Å². The number of sulfonamides is 1. The number of ether oxygens (including phenoxy) is 1. The number of likely N-dealkylation sites (N-methyl/N-ethyl adjacent to an activating group) is 1. The molecule has 0 heterocycles. The van der Waals surface area contributed by atoms with Crippen molar-refractivity contribution in [2.45, 2.75) is 6.04 Å². The van der Waals surface area contributed by atoms with Crippen LogP contribution in [-0.4, -0.2) is 56.7 Å². The van der Waals surface area contributed by atoms with Crippen molar-refractivity contribution >= 4 is 33.5 Å². The number of hydrogen-bond acceptors (Lipinski definition) is 5. The van der Waals surface area contributed by atoms with Gasteiger partial charge < -0.3 is 15.2 Å². The molecule has 1 aromatic rings. The molecule has 23 heavy (non-hydrogen) atoms. The van der Waals surface area contributed by atoms with Gasteiger partial charge in [0.2, 0.25) is 15.9 Å². The molecule has 0 spiro atoms. The predicted molar refractivity (Wildman–Crippen MR) is 84.0 cm³/mol. The van der Waals surface area contributed by atoms with Gasteiger partial charge in [-0.1, -0.05) is 17.7 Å². The summed E-state index contributed by atoms with van der Waals surface area (Å²) in [4.78, 5) is 23.2. The van der Waals surface area contributed by atoms with E-state index in [4.69, 9.17) is 16.3 Å². The lowest BCUT2D eigenvalue weighted by atomic mass is 10.1. The molecule has 0 radical (unpaired) electrons. The molecule has 0 aliphatic heterocycles. The van der Waals surface area contributed by atoms with Crippen molar-refractivity contribution in [1.82, 2.24) is 9.62 Å². The maximum Gasteiger partial charge on any atom is 0.330 e. The van der Waals surface area contributed by atoms with Crippen LogP contribution in [0.4, 0.5) is 0 Å².